The Balaban J connectivity index is 1.34. The number of nitrogens with zero attached hydrogens (tertiary/aromatic N) is 2. The Morgan fingerprint density at radius 2 is 1.70 bits per heavy atom. The number of carbonyl (C=O) groups excluding carboxylic acids is 2. The van der Waals surface area contributed by atoms with Gasteiger partial charge in [0, 0.05) is 35.0 Å². The number of benzene rings is 2. The minimum absolute atomic E-state index is 0.169. The third-order valence-corrected chi connectivity index (χ3v) is 10.4. The smallest absolute Gasteiger partial charge is 0.256 e. The molecule has 10 heteroatoms. The summed E-state index contributed by atoms with van der Waals surface area (Å²) in [5, 5.41) is 9.05. The molecular formula is C30H36N4O4S2. The van der Waals surface area contributed by atoms with E-state index in [1.54, 1.807) is 18.3 Å². The van der Waals surface area contributed by atoms with Crippen molar-refractivity contribution in [3.63, 3.8) is 0 Å². The molecule has 0 radical (unpaired) electrons. The van der Waals surface area contributed by atoms with Gasteiger partial charge in [-0.1, -0.05) is 36.8 Å². The summed E-state index contributed by atoms with van der Waals surface area (Å²) < 4.78 is 28.2. The maximum absolute atomic E-state index is 13.4. The number of carbonyl (C=O) groups is 2. The van der Waals surface area contributed by atoms with Crippen molar-refractivity contribution >= 4 is 44.6 Å². The van der Waals surface area contributed by atoms with Crippen molar-refractivity contribution in [2.24, 2.45) is 11.0 Å². The van der Waals surface area contributed by atoms with Crippen LogP contribution in [0.15, 0.2) is 57.8 Å². The van der Waals surface area contributed by atoms with Gasteiger partial charge in [0.05, 0.1) is 16.2 Å². The number of amides is 2. The van der Waals surface area contributed by atoms with E-state index in [0.717, 1.165) is 33.6 Å². The molecule has 4 rings (SSSR count). The van der Waals surface area contributed by atoms with Gasteiger partial charge in [-0.05, 0) is 81.8 Å². The lowest BCUT2D eigenvalue weighted by Crippen LogP contribution is -2.42. The van der Waals surface area contributed by atoms with E-state index in [1.807, 2.05) is 68.6 Å². The van der Waals surface area contributed by atoms with E-state index in [-0.39, 0.29) is 30.8 Å². The second-order valence-electron chi connectivity index (χ2n) is 10.3. The molecule has 0 aliphatic carbocycles. The van der Waals surface area contributed by atoms with E-state index in [9.17, 15) is 18.0 Å². The number of piperidine rings is 1. The van der Waals surface area contributed by atoms with Gasteiger partial charge in [-0.25, -0.2) is 13.8 Å². The summed E-state index contributed by atoms with van der Waals surface area (Å²) in [5.41, 5.74) is 7.79. The molecule has 1 saturated heterocycles. The van der Waals surface area contributed by atoms with Gasteiger partial charge >= 0.3 is 0 Å². The highest BCUT2D eigenvalue weighted by Gasteiger charge is 2.33. The Morgan fingerprint density at radius 3 is 2.33 bits per heavy atom. The third kappa shape index (κ3) is 6.68. The normalized spacial score (nSPS) is 15.2. The Bertz CT molecular complexity index is 1530. The summed E-state index contributed by atoms with van der Waals surface area (Å²) in [4.78, 5) is 27.0. The summed E-state index contributed by atoms with van der Waals surface area (Å²) in [7, 11) is -3.64. The van der Waals surface area contributed by atoms with E-state index in [4.69, 9.17) is 0 Å². The average Bonchev–Trinajstić information content (AvgIpc) is 3.41. The van der Waals surface area contributed by atoms with E-state index < -0.39 is 10.0 Å². The number of hydrazone groups is 1. The van der Waals surface area contributed by atoms with Gasteiger partial charge in [0.25, 0.3) is 5.91 Å². The van der Waals surface area contributed by atoms with Gasteiger partial charge in [0.2, 0.25) is 15.9 Å². The molecule has 0 atom stereocenters. The number of sulfonamides is 1. The predicted octanol–water partition coefficient (Wildman–Crippen LogP) is 5.43. The first-order chi connectivity index (χ1) is 19.0. The summed E-state index contributed by atoms with van der Waals surface area (Å²) in [5.74, 6) is -0.725. The molecule has 0 bridgehead atoms. The maximum atomic E-state index is 13.4. The molecule has 0 saturated carbocycles. The van der Waals surface area contributed by atoms with Crippen molar-refractivity contribution in [1.29, 1.82) is 0 Å². The highest BCUT2D eigenvalue weighted by atomic mass is 32.2. The molecule has 1 aliphatic heterocycles. The highest BCUT2D eigenvalue weighted by Crippen LogP contribution is 2.29. The lowest BCUT2D eigenvalue weighted by atomic mass is 9.98. The minimum Gasteiger partial charge on any atom is -0.322 e. The number of thiophene rings is 1. The Labute approximate surface area is 240 Å². The zero-order chi connectivity index (χ0) is 29.0. The Hall–Kier alpha value is -3.34. The number of anilines is 1. The summed E-state index contributed by atoms with van der Waals surface area (Å²) in [6, 6.07) is 13.0. The number of hydrogen-bond donors (Lipinski definition) is 2. The molecule has 40 heavy (non-hydrogen) atoms. The third-order valence-electron chi connectivity index (χ3n) is 7.16. The molecular weight excluding hydrogens is 544 g/mol. The second kappa shape index (κ2) is 12.4. The van der Waals surface area contributed by atoms with Crippen LogP contribution >= 0.6 is 11.3 Å². The molecule has 212 valence electrons. The number of aryl methyl sites for hydroxylation is 4. The zero-order valence-corrected chi connectivity index (χ0v) is 25.2. The van der Waals surface area contributed by atoms with Gasteiger partial charge in [-0.2, -0.15) is 9.41 Å². The maximum Gasteiger partial charge on any atom is 0.256 e. The fourth-order valence-corrected chi connectivity index (χ4v) is 7.76. The van der Waals surface area contributed by atoms with Crippen molar-refractivity contribution in [3.8, 4) is 0 Å². The summed E-state index contributed by atoms with van der Waals surface area (Å²) in [6.45, 7) is 10.00. The lowest BCUT2D eigenvalue weighted by molar-refractivity contribution is -0.126. The highest BCUT2D eigenvalue weighted by molar-refractivity contribution is 7.89. The van der Waals surface area contributed by atoms with Crippen LogP contribution in [0.5, 0.6) is 0 Å². The van der Waals surface area contributed by atoms with Crippen LogP contribution in [0.25, 0.3) is 0 Å². The average molecular weight is 581 g/mol. The quantitative estimate of drug-likeness (QED) is 0.274. The van der Waals surface area contributed by atoms with Crippen LogP contribution in [0, 0.1) is 26.7 Å². The van der Waals surface area contributed by atoms with Crippen molar-refractivity contribution in [2.45, 2.75) is 58.8 Å². The van der Waals surface area contributed by atoms with E-state index >= 15 is 0 Å². The van der Waals surface area contributed by atoms with Crippen LogP contribution in [0.3, 0.4) is 0 Å². The fourth-order valence-electron chi connectivity index (χ4n) is 5.07. The second-order valence-corrected chi connectivity index (χ2v) is 13.1. The van der Waals surface area contributed by atoms with Crippen LogP contribution in [-0.2, 0) is 21.2 Å². The van der Waals surface area contributed by atoms with Gasteiger partial charge in [-0.15, -0.1) is 11.3 Å². The van der Waals surface area contributed by atoms with Gasteiger partial charge in [0.15, 0.2) is 0 Å². The molecule has 2 aromatic carbocycles. The summed E-state index contributed by atoms with van der Waals surface area (Å²) >= 11 is 1.57. The van der Waals surface area contributed by atoms with Gasteiger partial charge < -0.3 is 5.32 Å². The van der Waals surface area contributed by atoms with Crippen molar-refractivity contribution in [3.05, 3.63) is 80.5 Å². The first kappa shape index (κ1) is 29.6. The largest absolute Gasteiger partial charge is 0.322 e. The molecule has 1 aromatic heterocycles. The molecule has 2 amide bonds. The van der Waals surface area contributed by atoms with E-state index in [2.05, 4.69) is 22.8 Å². The molecule has 2 heterocycles. The molecule has 0 unspecified atom stereocenters. The Morgan fingerprint density at radius 1 is 1.02 bits per heavy atom. The number of rotatable bonds is 8. The predicted molar refractivity (Wildman–Crippen MR) is 161 cm³/mol. The standard InChI is InChI=1S/C30H36N4O4S2/c1-6-27-17-25(18-39-27)29(35)31-26-9-7-8-24(16-26)22(5)32-33-30(36)23-10-12-34(13-11-23)40(37,38)28-20(3)14-19(2)15-21(28)4/h7-9,14-18,23H,6,10-13H2,1-5H3,(H,31,35)(H,33,36)/b32-22-. The monoisotopic (exact) mass is 580 g/mol. The minimum atomic E-state index is -3.64. The van der Waals surface area contributed by atoms with Gasteiger partial charge in [0.1, 0.15) is 0 Å². The van der Waals surface area contributed by atoms with Crippen molar-refractivity contribution in [1.82, 2.24) is 9.73 Å². The van der Waals surface area contributed by atoms with Crippen LogP contribution < -0.4 is 10.7 Å². The molecule has 3 aromatic rings. The molecule has 0 spiro atoms. The fraction of sp³-hybridized carbons (Fsp3) is 0.367. The lowest BCUT2D eigenvalue weighted by Gasteiger charge is -2.31. The van der Waals surface area contributed by atoms with Crippen LogP contribution in [0.4, 0.5) is 5.69 Å². The van der Waals surface area contributed by atoms with E-state index in [0.29, 0.717) is 34.7 Å². The van der Waals surface area contributed by atoms with Crippen molar-refractivity contribution < 1.29 is 18.0 Å². The SMILES string of the molecule is CCc1cc(C(=O)Nc2cccc(/C(C)=N\NC(=O)C3CCN(S(=O)(=O)c4c(C)cc(C)cc4C)CC3)c2)cs1. The van der Waals surface area contributed by atoms with Crippen LogP contribution in [0.2, 0.25) is 0 Å². The van der Waals surface area contributed by atoms with Crippen LogP contribution in [-0.4, -0.2) is 43.3 Å². The summed E-state index contributed by atoms with van der Waals surface area (Å²) in [6.07, 6.45) is 1.74. The Kier molecular flexibility index (Phi) is 9.22. The number of hydrogen-bond acceptors (Lipinski definition) is 6. The molecule has 8 nitrogen and oxygen atoms in total. The zero-order valence-electron chi connectivity index (χ0n) is 23.6. The molecule has 1 aliphatic rings. The first-order valence-electron chi connectivity index (χ1n) is 13.4. The van der Waals surface area contributed by atoms with Gasteiger partial charge in [-0.3, -0.25) is 9.59 Å². The van der Waals surface area contributed by atoms with E-state index in [1.165, 1.54) is 4.31 Å². The number of nitrogens with one attached hydrogen (secondary N) is 2. The topological polar surface area (TPSA) is 108 Å². The first-order valence-corrected chi connectivity index (χ1v) is 15.7. The molecule has 2 N–H and O–H groups in total. The van der Waals surface area contributed by atoms with Crippen molar-refractivity contribution in [2.75, 3.05) is 18.4 Å². The molecule has 1 fully saturated rings. The van der Waals surface area contributed by atoms with Crippen LogP contribution in [0.1, 0.15) is 64.2 Å².